The second kappa shape index (κ2) is 13.0. The van der Waals surface area contributed by atoms with E-state index in [1.165, 1.54) is 24.6 Å². The molecule has 11 heteroatoms. The summed E-state index contributed by atoms with van der Waals surface area (Å²) in [4.78, 5) is 25.7. The van der Waals surface area contributed by atoms with Crippen molar-refractivity contribution in [1.82, 2.24) is 9.97 Å². The highest BCUT2D eigenvalue weighted by Gasteiger charge is 2.39. The van der Waals surface area contributed by atoms with Gasteiger partial charge in [-0.25, -0.2) is 23.6 Å². The van der Waals surface area contributed by atoms with Crippen molar-refractivity contribution in [2.24, 2.45) is 4.99 Å². The highest BCUT2D eigenvalue weighted by Crippen LogP contribution is 2.39. The smallest absolute Gasteiger partial charge is 0.357 e. The van der Waals surface area contributed by atoms with Crippen LogP contribution >= 0.6 is 11.8 Å². The number of benzene rings is 2. The van der Waals surface area contributed by atoms with Gasteiger partial charge >= 0.3 is 5.97 Å². The van der Waals surface area contributed by atoms with Crippen LogP contribution in [0.1, 0.15) is 47.3 Å². The number of ether oxygens (including phenoxy) is 1. The van der Waals surface area contributed by atoms with Crippen molar-refractivity contribution >= 4 is 32.1 Å². The Morgan fingerprint density at radius 3 is 2.39 bits per heavy atom. The average Bonchev–Trinajstić information content (AvgIpc) is 3.43. The highest BCUT2D eigenvalue weighted by molar-refractivity contribution is 7.99. The molecule has 2 aromatic heterocycles. The molecule has 0 atom stereocenters. The molecule has 0 aliphatic heterocycles. The van der Waals surface area contributed by atoms with E-state index in [-0.39, 0.29) is 43.2 Å². The number of esters is 1. The van der Waals surface area contributed by atoms with Crippen LogP contribution in [0.3, 0.4) is 0 Å². The Balaban J connectivity index is 1.87. The minimum atomic E-state index is -2.34. The second-order valence-electron chi connectivity index (χ2n) is 12.6. The molecule has 2 heterocycles. The van der Waals surface area contributed by atoms with Crippen molar-refractivity contribution in [2.45, 2.75) is 75.2 Å². The van der Waals surface area contributed by atoms with E-state index < -0.39 is 31.5 Å². The van der Waals surface area contributed by atoms with Gasteiger partial charge in [0.2, 0.25) is 0 Å². The SMILES string of the molecule is CC(C)(C)OC(=O)C(=C\c1ccco1)/N=c1\[nH]cc(-c2cccc(O[Si](C)(C)C(C)(C)C)c2F)nc1Sc1ccccc1F. The van der Waals surface area contributed by atoms with Crippen LogP contribution in [0.5, 0.6) is 5.75 Å². The summed E-state index contributed by atoms with van der Waals surface area (Å²) in [7, 11) is -2.34. The number of hydrogen-bond donors (Lipinski definition) is 1. The van der Waals surface area contributed by atoms with Gasteiger partial charge in [0, 0.05) is 22.7 Å². The highest BCUT2D eigenvalue weighted by atomic mass is 32.2. The van der Waals surface area contributed by atoms with Gasteiger partial charge < -0.3 is 18.6 Å². The molecule has 0 aliphatic carbocycles. The minimum Gasteiger partial charge on any atom is -0.542 e. The van der Waals surface area contributed by atoms with Crippen LogP contribution in [0.15, 0.2) is 92.1 Å². The predicted octanol–water partition coefficient (Wildman–Crippen LogP) is 8.77. The number of rotatable bonds is 8. The Kier molecular flexibility index (Phi) is 9.70. The quantitative estimate of drug-likeness (QED) is 0.118. The summed E-state index contributed by atoms with van der Waals surface area (Å²) in [5, 5.41) is 0.0695. The zero-order valence-electron chi connectivity index (χ0n) is 26.1. The molecule has 44 heavy (non-hydrogen) atoms. The molecule has 0 unspecified atom stereocenters. The molecule has 0 saturated carbocycles. The number of carbonyl (C=O) groups excluding carboxylic acids is 1. The molecule has 7 nitrogen and oxygen atoms in total. The van der Waals surface area contributed by atoms with Crippen LogP contribution < -0.4 is 9.91 Å². The fraction of sp³-hybridized carbons (Fsp3) is 0.303. The van der Waals surface area contributed by atoms with Gasteiger partial charge in [0.05, 0.1) is 12.0 Å². The first-order valence-electron chi connectivity index (χ1n) is 14.1. The van der Waals surface area contributed by atoms with E-state index in [0.29, 0.717) is 5.76 Å². The molecule has 4 rings (SSSR count). The third kappa shape index (κ3) is 8.15. The molecule has 232 valence electrons. The lowest BCUT2D eigenvalue weighted by Crippen LogP contribution is -2.44. The molecular formula is C33H37F2N3O4SSi. The van der Waals surface area contributed by atoms with Crippen molar-refractivity contribution in [3.05, 3.63) is 95.6 Å². The molecule has 0 spiro atoms. The Bertz CT molecular complexity index is 1740. The first-order chi connectivity index (χ1) is 20.5. The van der Waals surface area contributed by atoms with Gasteiger partial charge in [-0.15, -0.1) is 0 Å². The number of carbonyl (C=O) groups is 1. The molecule has 0 radical (unpaired) electrons. The van der Waals surface area contributed by atoms with Crippen LogP contribution in [-0.2, 0) is 9.53 Å². The predicted molar refractivity (Wildman–Crippen MR) is 170 cm³/mol. The zero-order chi connectivity index (χ0) is 32.3. The summed E-state index contributed by atoms with van der Waals surface area (Å²) in [6.07, 6.45) is 4.39. The van der Waals surface area contributed by atoms with E-state index >= 15 is 4.39 Å². The Labute approximate surface area is 261 Å². The van der Waals surface area contributed by atoms with Gasteiger partial charge in [0.1, 0.15) is 28.0 Å². The first kappa shape index (κ1) is 32.9. The van der Waals surface area contributed by atoms with Crippen LogP contribution in [0.2, 0.25) is 18.1 Å². The van der Waals surface area contributed by atoms with E-state index in [1.54, 1.807) is 69.3 Å². The maximum absolute atomic E-state index is 16.0. The van der Waals surface area contributed by atoms with Crippen molar-refractivity contribution in [3.63, 3.8) is 0 Å². The average molecular weight is 638 g/mol. The number of furan rings is 1. The lowest BCUT2D eigenvalue weighted by molar-refractivity contribution is -0.149. The summed E-state index contributed by atoms with van der Waals surface area (Å²) in [6, 6.07) is 14.5. The number of H-pyrrole nitrogens is 1. The minimum absolute atomic E-state index is 0.0768. The summed E-state index contributed by atoms with van der Waals surface area (Å²) in [5.41, 5.74) is -0.292. The second-order valence-corrected chi connectivity index (χ2v) is 18.4. The Hall–Kier alpha value is -3.96. The van der Waals surface area contributed by atoms with Gasteiger partial charge in [-0.2, -0.15) is 0 Å². The van der Waals surface area contributed by atoms with Gasteiger partial charge in [0.15, 0.2) is 17.0 Å². The molecule has 0 saturated heterocycles. The Morgan fingerprint density at radius 1 is 1.02 bits per heavy atom. The first-order valence-corrected chi connectivity index (χ1v) is 17.8. The van der Waals surface area contributed by atoms with Crippen LogP contribution in [0.4, 0.5) is 8.78 Å². The van der Waals surface area contributed by atoms with E-state index in [1.807, 2.05) is 13.1 Å². The zero-order valence-corrected chi connectivity index (χ0v) is 27.9. The number of nitrogens with one attached hydrogen (secondary N) is 1. The summed E-state index contributed by atoms with van der Waals surface area (Å²) in [6.45, 7) is 15.6. The normalized spacial score (nSPS) is 13.2. The topological polar surface area (TPSA) is 89.7 Å². The molecule has 0 bridgehead atoms. The summed E-state index contributed by atoms with van der Waals surface area (Å²) < 4.78 is 48.0. The van der Waals surface area contributed by atoms with Gasteiger partial charge in [0.25, 0.3) is 8.32 Å². The molecular weight excluding hydrogens is 601 g/mol. The largest absolute Gasteiger partial charge is 0.542 e. The molecule has 0 aliphatic rings. The van der Waals surface area contributed by atoms with Crippen LogP contribution in [0.25, 0.3) is 17.3 Å². The van der Waals surface area contributed by atoms with Gasteiger partial charge in [-0.1, -0.05) is 50.7 Å². The number of aromatic amines is 1. The fourth-order valence-corrected chi connectivity index (χ4v) is 5.50. The maximum atomic E-state index is 16.0. The van der Waals surface area contributed by atoms with E-state index in [2.05, 4.69) is 30.7 Å². The molecule has 4 aromatic rings. The number of aromatic nitrogens is 2. The monoisotopic (exact) mass is 637 g/mol. The van der Waals surface area contributed by atoms with E-state index in [9.17, 15) is 9.18 Å². The van der Waals surface area contributed by atoms with Crippen molar-refractivity contribution in [1.29, 1.82) is 0 Å². The Morgan fingerprint density at radius 2 is 1.75 bits per heavy atom. The summed E-state index contributed by atoms with van der Waals surface area (Å²) in [5.74, 6) is -1.21. The van der Waals surface area contributed by atoms with Gasteiger partial charge in [-0.05, 0) is 75.3 Å². The van der Waals surface area contributed by atoms with Crippen LogP contribution in [-0.4, -0.2) is 29.9 Å². The number of hydrogen-bond acceptors (Lipinski definition) is 7. The standard InChI is InChI=1S/C33H37F2N3O4SSi/c1-32(2,3)41-31(39)24(19-21-13-12-18-40-21)37-29-30(43-27-17-10-9-15-23(27)34)38-25(20-36-29)22-14-11-16-26(28(22)35)42-44(7,8)33(4,5)6/h9-20H,1-8H3,(H,36,37)/b24-19+. The van der Waals surface area contributed by atoms with E-state index in [4.69, 9.17) is 18.6 Å². The number of halogens is 2. The van der Waals surface area contributed by atoms with Crippen molar-refractivity contribution < 1.29 is 27.2 Å². The third-order valence-corrected chi connectivity index (χ3v) is 12.3. The van der Waals surface area contributed by atoms with Crippen molar-refractivity contribution in [2.75, 3.05) is 0 Å². The lowest BCUT2D eigenvalue weighted by Gasteiger charge is -2.36. The number of nitrogens with zero attached hydrogens (tertiary/aromatic N) is 2. The molecule has 0 fully saturated rings. The van der Waals surface area contributed by atoms with E-state index in [0.717, 1.165) is 11.8 Å². The summed E-state index contributed by atoms with van der Waals surface area (Å²) >= 11 is 0.987. The van der Waals surface area contributed by atoms with Crippen LogP contribution in [0, 0.1) is 11.6 Å². The molecule has 1 N–H and O–H groups in total. The molecule has 2 aromatic carbocycles. The fourth-order valence-electron chi connectivity index (χ4n) is 3.63. The molecule has 0 amide bonds. The third-order valence-electron chi connectivity index (χ3n) is 6.89. The lowest BCUT2D eigenvalue weighted by atomic mass is 10.1. The van der Waals surface area contributed by atoms with Crippen molar-refractivity contribution in [3.8, 4) is 17.0 Å². The van der Waals surface area contributed by atoms with Gasteiger partial charge in [-0.3, -0.25) is 0 Å². The maximum Gasteiger partial charge on any atom is 0.357 e.